The summed E-state index contributed by atoms with van der Waals surface area (Å²) in [5, 5.41) is 0. The Labute approximate surface area is 201 Å². The van der Waals surface area contributed by atoms with Crippen molar-refractivity contribution in [3.8, 4) is 0 Å². The molecule has 2 aliphatic heterocycles. The van der Waals surface area contributed by atoms with Crippen LogP contribution in [0.15, 0.2) is 53.4 Å². The van der Waals surface area contributed by atoms with Crippen LogP contribution in [0.5, 0.6) is 0 Å². The standard InChI is InChI=1S/C25H32N4O4S/c1-19-15-22-16-23(9-10-24(22)29(19)20(2)30)34(32,33)26(3)18-25(31)28-13-11-27(12-14-28)17-21-7-5-4-6-8-21/h4-10,16,19H,11-15,17-18H2,1-3H3. The summed E-state index contributed by atoms with van der Waals surface area (Å²) in [4.78, 5) is 30.7. The fraction of sp³-hybridized carbons (Fsp3) is 0.440. The average molecular weight is 485 g/mol. The maximum Gasteiger partial charge on any atom is 0.243 e. The van der Waals surface area contributed by atoms with Crippen LogP contribution in [0.2, 0.25) is 0 Å². The topological polar surface area (TPSA) is 81.2 Å². The van der Waals surface area contributed by atoms with Gasteiger partial charge in [0.1, 0.15) is 0 Å². The van der Waals surface area contributed by atoms with Crippen molar-refractivity contribution in [3.05, 3.63) is 59.7 Å². The van der Waals surface area contributed by atoms with Crippen molar-refractivity contribution in [1.82, 2.24) is 14.1 Å². The minimum absolute atomic E-state index is 0.00896. The molecule has 8 nitrogen and oxygen atoms in total. The third kappa shape index (κ3) is 5.01. The highest BCUT2D eigenvalue weighted by molar-refractivity contribution is 7.89. The molecule has 182 valence electrons. The zero-order valence-corrected chi connectivity index (χ0v) is 20.8. The molecule has 1 saturated heterocycles. The number of likely N-dealkylation sites (N-methyl/N-ethyl adjacent to an activating group) is 1. The van der Waals surface area contributed by atoms with E-state index in [1.165, 1.54) is 25.6 Å². The lowest BCUT2D eigenvalue weighted by atomic mass is 10.1. The Morgan fingerprint density at radius 3 is 2.35 bits per heavy atom. The predicted molar refractivity (Wildman–Crippen MR) is 131 cm³/mol. The molecule has 2 aromatic carbocycles. The summed E-state index contributed by atoms with van der Waals surface area (Å²) in [7, 11) is -2.39. The second-order valence-electron chi connectivity index (χ2n) is 9.14. The van der Waals surface area contributed by atoms with Gasteiger partial charge >= 0.3 is 0 Å². The summed E-state index contributed by atoms with van der Waals surface area (Å²) in [5.74, 6) is -0.253. The largest absolute Gasteiger partial charge is 0.339 e. The molecular formula is C25H32N4O4S. The first-order chi connectivity index (χ1) is 16.2. The van der Waals surface area contributed by atoms with E-state index in [2.05, 4.69) is 17.0 Å². The normalized spacial score (nSPS) is 18.9. The van der Waals surface area contributed by atoms with Crippen molar-refractivity contribution in [2.75, 3.05) is 44.7 Å². The lowest BCUT2D eigenvalue weighted by Gasteiger charge is -2.35. The van der Waals surface area contributed by atoms with E-state index < -0.39 is 10.0 Å². The molecule has 0 saturated carbocycles. The van der Waals surface area contributed by atoms with Gasteiger partial charge in [0, 0.05) is 58.4 Å². The SMILES string of the molecule is CC(=O)N1c2ccc(S(=O)(=O)N(C)CC(=O)N3CCN(Cc4ccccc4)CC3)cc2CC1C. The van der Waals surface area contributed by atoms with E-state index in [0.29, 0.717) is 19.5 Å². The lowest BCUT2D eigenvalue weighted by molar-refractivity contribution is -0.133. The average Bonchev–Trinajstić information content (AvgIpc) is 3.15. The highest BCUT2D eigenvalue weighted by Crippen LogP contribution is 2.34. The molecule has 1 atom stereocenters. The van der Waals surface area contributed by atoms with Crippen LogP contribution in [-0.2, 0) is 32.6 Å². The first kappa shape index (κ1) is 24.4. The second-order valence-corrected chi connectivity index (χ2v) is 11.2. The molecule has 1 unspecified atom stereocenters. The molecule has 1 fully saturated rings. The molecule has 34 heavy (non-hydrogen) atoms. The summed E-state index contributed by atoms with van der Waals surface area (Å²) < 4.78 is 27.5. The zero-order valence-electron chi connectivity index (χ0n) is 20.0. The Morgan fingerprint density at radius 1 is 1.03 bits per heavy atom. The lowest BCUT2D eigenvalue weighted by Crippen LogP contribution is -2.51. The molecule has 2 aromatic rings. The van der Waals surface area contributed by atoms with Gasteiger partial charge in [-0.2, -0.15) is 4.31 Å². The molecule has 2 aliphatic rings. The van der Waals surface area contributed by atoms with Crippen LogP contribution in [0.1, 0.15) is 25.0 Å². The summed E-state index contributed by atoms with van der Waals surface area (Å²) in [6.07, 6.45) is 0.605. The van der Waals surface area contributed by atoms with Crippen molar-refractivity contribution in [2.45, 2.75) is 37.8 Å². The van der Waals surface area contributed by atoms with Crippen LogP contribution in [0.3, 0.4) is 0 Å². The van der Waals surface area contributed by atoms with Gasteiger partial charge in [0.15, 0.2) is 0 Å². The summed E-state index contributed by atoms with van der Waals surface area (Å²) in [6, 6.07) is 15.1. The van der Waals surface area contributed by atoms with Crippen molar-refractivity contribution >= 4 is 27.5 Å². The molecule has 4 rings (SSSR count). The number of piperazine rings is 1. The fourth-order valence-corrected chi connectivity index (χ4v) is 5.97. The molecule has 0 radical (unpaired) electrons. The number of carbonyl (C=O) groups excluding carboxylic acids is 2. The summed E-state index contributed by atoms with van der Waals surface area (Å²) in [6.45, 7) is 6.77. The van der Waals surface area contributed by atoms with Crippen molar-refractivity contribution in [2.24, 2.45) is 0 Å². The minimum Gasteiger partial charge on any atom is -0.339 e. The Kier molecular flexibility index (Phi) is 7.06. The monoisotopic (exact) mass is 484 g/mol. The number of sulfonamides is 1. The van der Waals surface area contributed by atoms with Gasteiger partial charge in [0.05, 0.1) is 11.4 Å². The van der Waals surface area contributed by atoms with Gasteiger partial charge in [-0.05, 0) is 42.7 Å². The van der Waals surface area contributed by atoms with Crippen LogP contribution in [0.25, 0.3) is 0 Å². The first-order valence-corrected chi connectivity index (χ1v) is 13.0. The predicted octanol–water partition coefficient (Wildman–Crippen LogP) is 1.95. The van der Waals surface area contributed by atoms with Crippen LogP contribution < -0.4 is 4.90 Å². The number of rotatable bonds is 6. The number of benzene rings is 2. The maximum absolute atomic E-state index is 13.2. The number of anilines is 1. The van der Waals surface area contributed by atoms with E-state index in [1.54, 1.807) is 21.9 Å². The van der Waals surface area contributed by atoms with Gasteiger partial charge in [-0.3, -0.25) is 14.5 Å². The van der Waals surface area contributed by atoms with Gasteiger partial charge in [-0.15, -0.1) is 0 Å². The molecule has 2 amide bonds. The fourth-order valence-electron chi connectivity index (χ4n) is 4.80. The van der Waals surface area contributed by atoms with E-state index in [-0.39, 0.29) is 29.3 Å². The Bertz CT molecular complexity index is 1160. The number of hydrogen-bond acceptors (Lipinski definition) is 5. The summed E-state index contributed by atoms with van der Waals surface area (Å²) >= 11 is 0. The minimum atomic E-state index is -3.83. The summed E-state index contributed by atoms with van der Waals surface area (Å²) in [5.41, 5.74) is 2.83. The number of carbonyl (C=O) groups is 2. The highest BCUT2D eigenvalue weighted by Gasteiger charge is 2.32. The molecule has 0 spiro atoms. The number of amides is 2. The van der Waals surface area contributed by atoms with Gasteiger partial charge in [0.25, 0.3) is 0 Å². The molecule has 0 aliphatic carbocycles. The zero-order chi connectivity index (χ0) is 24.5. The molecule has 0 bridgehead atoms. The Balaban J connectivity index is 1.36. The number of nitrogens with zero attached hydrogens (tertiary/aromatic N) is 4. The third-order valence-electron chi connectivity index (χ3n) is 6.65. The quantitative estimate of drug-likeness (QED) is 0.626. The van der Waals surface area contributed by atoms with Gasteiger partial charge < -0.3 is 9.80 Å². The van der Waals surface area contributed by atoms with Crippen LogP contribution >= 0.6 is 0 Å². The first-order valence-electron chi connectivity index (χ1n) is 11.6. The van der Waals surface area contributed by atoms with Gasteiger partial charge in [-0.1, -0.05) is 30.3 Å². The van der Waals surface area contributed by atoms with Crippen molar-refractivity contribution in [3.63, 3.8) is 0 Å². The van der Waals surface area contributed by atoms with Crippen LogP contribution in [0.4, 0.5) is 5.69 Å². The van der Waals surface area contributed by atoms with Gasteiger partial charge in [-0.25, -0.2) is 8.42 Å². The smallest absolute Gasteiger partial charge is 0.243 e. The second kappa shape index (κ2) is 9.85. The molecule has 0 aromatic heterocycles. The third-order valence-corrected chi connectivity index (χ3v) is 8.45. The van der Waals surface area contributed by atoms with Crippen molar-refractivity contribution < 1.29 is 18.0 Å². The Morgan fingerprint density at radius 2 is 1.71 bits per heavy atom. The highest BCUT2D eigenvalue weighted by atomic mass is 32.2. The molecule has 0 N–H and O–H groups in total. The number of hydrogen-bond donors (Lipinski definition) is 0. The Hall–Kier alpha value is -2.75. The van der Waals surface area contributed by atoms with E-state index in [9.17, 15) is 18.0 Å². The van der Waals surface area contributed by atoms with Gasteiger partial charge in [0.2, 0.25) is 21.8 Å². The molecule has 9 heteroatoms. The van der Waals surface area contributed by atoms with E-state index >= 15 is 0 Å². The van der Waals surface area contributed by atoms with E-state index in [1.807, 2.05) is 25.1 Å². The van der Waals surface area contributed by atoms with E-state index in [0.717, 1.165) is 35.2 Å². The van der Waals surface area contributed by atoms with Crippen molar-refractivity contribution in [1.29, 1.82) is 0 Å². The molecule has 2 heterocycles. The van der Waals surface area contributed by atoms with E-state index in [4.69, 9.17) is 0 Å². The number of fused-ring (bicyclic) bond motifs is 1. The van der Waals surface area contributed by atoms with Crippen LogP contribution in [0, 0.1) is 0 Å². The maximum atomic E-state index is 13.2. The molecular weight excluding hydrogens is 452 g/mol. The van der Waals surface area contributed by atoms with Crippen LogP contribution in [-0.4, -0.2) is 80.2 Å².